The number of hydrogen-bond donors (Lipinski definition) is 1. The Balaban J connectivity index is 1.95. The van der Waals surface area contributed by atoms with Gasteiger partial charge in [0, 0.05) is 11.0 Å². The largest absolute Gasteiger partial charge is 0.363 e. The number of anilines is 1. The van der Waals surface area contributed by atoms with Gasteiger partial charge in [-0.3, -0.25) is 0 Å². The van der Waals surface area contributed by atoms with Crippen LogP contribution in [0, 0.1) is 5.82 Å². The molecule has 1 aromatic heterocycles. The summed E-state index contributed by atoms with van der Waals surface area (Å²) in [6.07, 6.45) is 1.48. The molecule has 72 valence electrons. The van der Waals surface area contributed by atoms with E-state index in [0.717, 1.165) is 4.90 Å². The molecule has 0 bridgehead atoms. The molecule has 0 saturated heterocycles. The van der Waals surface area contributed by atoms with Crippen LogP contribution in [0.25, 0.3) is 0 Å². The van der Waals surface area contributed by atoms with E-state index in [1.54, 1.807) is 18.2 Å². The number of hydrogen-bond acceptors (Lipinski definition) is 4. The quantitative estimate of drug-likeness (QED) is 0.790. The standard InChI is InChI=1S/C9H7FN2OS/c10-7-1-3-8(4-2-7)14-12-9-5-6-13-11-9/h1-6H,(H,11,12). The van der Waals surface area contributed by atoms with E-state index in [4.69, 9.17) is 0 Å². The lowest BCUT2D eigenvalue weighted by atomic mass is 10.4. The number of benzene rings is 1. The van der Waals surface area contributed by atoms with Crippen molar-refractivity contribution >= 4 is 17.8 Å². The molecular formula is C9H7FN2OS. The van der Waals surface area contributed by atoms with Crippen LogP contribution >= 0.6 is 11.9 Å². The lowest BCUT2D eigenvalue weighted by molar-refractivity contribution is 0.423. The first-order chi connectivity index (χ1) is 6.84. The summed E-state index contributed by atoms with van der Waals surface area (Å²) < 4.78 is 20.1. The summed E-state index contributed by atoms with van der Waals surface area (Å²) in [7, 11) is 0. The van der Waals surface area contributed by atoms with Gasteiger partial charge in [0.25, 0.3) is 0 Å². The molecule has 0 amide bonds. The molecule has 0 unspecified atom stereocenters. The highest BCUT2D eigenvalue weighted by molar-refractivity contribution is 8.00. The normalized spacial score (nSPS) is 10.1. The van der Waals surface area contributed by atoms with Gasteiger partial charge in [0.2, 0.25) is 0 Å². The van der Waals surface area contributed by atoms with Crippen molar-refractivity contribution in [2.75, 3.05) is 4.72 Å². The fraction of sp³-hybridized carbons (Fsp3) is 0. The van der Waals surface area contributed by atoms with Gasteiger partial charge in [-0.2, -0.15) is 0 Å². The fourth-order valence-electron chi connectivity index (χ4n) is 0.879. The van der Waals surface area contributed by atoms with Crippen molar-refractivity contribution < 1.29 is 8.91 Å². The van der Waals surface area contributed by atoms with E-state index in [1.807, 2.05) is 0 Å². The molecule has 3 nitrogen and oxygen atoms in total. The van der Waals surface area contributed by atoms with Crippen molar-refractivity contribution in [2.45, 2.75) is 4.90 Å². The van der Waals surface area contributed by atoms with Crippen molar-refractivity contribution in [3.63, 3.8) is 0 Å². The van der Waals surface area contributed by atoms with Gasteiger partial charge in [-0.15, -0.1) is 0 Å². The highest BCUT2D eigenvalue weighted by Gasteiger charge is 1.97. The van der Waals surface area contributed by atoms with E-state index >= 15 is 0 Å². The maximum Gasteiger partial charge on any atom is 0.179 e. The second kappa shape index (κ2) is 4.15. The van der Waals surface area contributed by atoms with Gasteiger partial charge in [-0.05, 0) is 36.2 Å². The average Bonchev–Trinajstić information content (AvgIpc) is 2.70. The topological polar surface area (TPSA) is 38.1 Å². The Bertz CT molecular complexity index is 388. The summed E-state index contributed by atoms with van der Waals surface area (Å²) >= 11 is 1.35. The van der Waals surface area contributed by atoms with Crippen LogP contribution in [0.3, 0.4) is 0 Å². The third-order valence-corrected chi connectivity index (χ3v) is 2.34. The summed E-state index contributed by atoms with van der Waals surface area (Å²) in [5.74, 6) is 0.398. The highest BCUT2D eigenvalue weighted by Crippen LogP contribution is 2.19. The van der Waals surface area contributed by atoms with Gasteiger partial charge in [0.15, 0.2) is 5.82 Å². The minimum Gasteiger partial charge on any atom is -0.363 e. The molecule has 0 radical (unpaired) electrons. The molecule has 1 N–H and O–H groups in total. The van der Waals surface area contributed by atoms with E-state index < -0.39 is 0 Å². The molecule has 5 heteroatoms. The average molecular weight is 210 g/mol. The Morgan fingerprint density at radius 2 is 2.00 bits per heavy atom. The number of nitrogens with one attached hydrogen (secondary N) is 1. The van der Waals surface area contributed by atoms with Gasteiger partial charge in [0.05, 0.1) is 0 Å². The Hall–Kier alpha value is -1.49. The smallest absolute Gasteiger partial charge is 0.179 e. The molecule has 0 atom stereocenters. The number of rotatable bonds is 3. The monoisotopic (exact) mass is 210 g/mol. The fourth-order valence-corrected chi connectivity index (χ4v) is 1.48. The maximum atomic E-state index is 12.5. The molecular weight excluding hydrogens is 203 g/mol. The summed E-state index contributed by atoms with van der Waals surface area (Å²) in [4.78, 5) is 0.911. The third-order valence-electron chi connectivity index (χ3n) is 1.52. The SMILES string of the molecule is Fc1ccc(SNc2ccon2)cc1. The van der Waals surface area contributed by atoms with Crippen molar-refractivity contribution in [1.29, 1.82) is 0 Å². The molecule has 0 spiro atoms. The Kier molecular flexibility index (Phi) is 2.69. The van der Waals surface area contributed by atoms with Crippen molar-refractivity contribution in [1.82, 2.24) is 5.16 Å². The molecule has 14 heavy (non-hydrogen) atoms. The number of aromatic nitrogens is 1. The van der Waals surface area contributed by atoms with Crippen molar-refractivity contribution in [3.8, 4) is 0 Å². The van der Waals surface area contributed by atoms with E-state index in [1.165, 1.54) is 30.3 Å². The summed E-state index contributed by atoms with van der Waals surface area (Å²) in [6.45, 7) is 0. The van der Waals surface area contributed by atoms with Crippen molar-refractivity contribution in [2.24, 2.45) is 0 Å². The minimum absolute atomic E-state index is 0.240. The van der Waals surface area contributed by atoms with Gasteiger partial charge < -0.3 is 9.25 Å². The zero-order valence-corrected chi connectivity index (χ0v) is 7.92. The molecule has 1 heterocycles. The Labute approximate surface area is 84.4 Å². The van der Waals surface area contributed by atoms with Crippen LogP contribution in [0.2, 0.25) is 0 Å². The highest BCUT2D eigenvalue weighted by atomic mass is 32.2. The molecule has 0 saturated carbocycles. The second-order valence-corrected chi connectivity index (χ2v) is 3.42. The summed E-state index contributed by atoms with van der Waals surface area (Å²) in [5, 5.41) is 3.67. The number of nitrogens with zero attached hydrogens (tertiary/aromatic N) is 1. The van der Waals surface area contributed by atoms with Crippen LogP contribution in [0.1, 0.15) is 0 Å². The van der Waals surface area contributed by atoms with E-state index in [0.29, 0.717) is 5.82 Å². The van der Waals surface area contributed by atoms with Crippen LogP contribution in [0.4, 0.5) is 10.2 Å². The van der Waals surface area contributed by atoms with Crippen LogP contribution in [-0.2, 0) is 0 Å². The first-order valence-corrected chi connectivity index (χ1v) is 4.75. The van der Waals surface area contributed by atoms with Gasteiger partial charge in [-0.25, -0.2) is 4.39 Å². The predicted octanol–water partition coefficient (Wildman–Crippen LogP) is 2.93. The Morgan fingerprint density at radius 3 is 2.64 bits per heavy atom. The molecule has 0 aliphatic rings. The van der Waals surface area contributed by atoms with E-state index in [-0.39, 0.29) is 5.82 Å². The Morgan fingerprint density at radius 1 is 1.21 bits per heavy atom. The second-order valence-electron chi connectivity index (χ2n) is 2.54. The third kappa shape index (κ3) is 2.26. The first kappa shape index (κ1) is 9.08. The summed E-state index contributed by atoms with van der Waals surface area (Å²) in [5.41, 5.74) is 0. The molecule has 0 fully saturated rings. The van der Waals surface area contributed by atoms with Crippen LogP contribution < -0.4 is 4.72 Å². The van der Waals surface area contributed by atoms with E-state index in [9.17, 15) is 4.39 Å². The zero-order chi connectivity index (χ0) is 9.80. The molecule has 0 aliphatic heterocycles. The first-order valence-electron chi connectivity index (χ1n) is 3.93. The zero-order valence-electron chi connectivity index (χ0n) is 7.11. The minimum atomic E-state index is -0.240. The number of halogens is 1. The van der Waals surface area contributed by atoms with Gasteiger partial charge in [0.1, 0.15) is 12.1 Å². The molecule has 0 aliphatic carbocycles. The van der Waals surface area contributed by atoms with Crippen molar-refractivity contribution in [3.05, 3.63) is 42.4 Å². The van der Waals surface area contributed by atoms with Crippen LogP contribution in [0.15, 0.2) is 46.0 Å². The van der Waals surface area contributed by atoms with Crippen LogP contribution in [-0.4, -0.2) is 5.16 Å². The van der Waals surface area contributed by atoms with E-state index in [2.05, 4.69) is 14.4 Å². The predicted molar refractivity (Wildman–Crippen MR) is 52.4 cm³/mol. The maximum absolute atomic E-state index is 12.5. The van der Waals surface area contributed by atoms with Gasteiger partial charge >= 0.3 is 0 Å². The lowest BCUT2D eigenvalue weighted by Gasteiger charge is -2.00. The lowest BCUT2D eigenvalue weighted by Crippen LogP contribution is -1.85. The van der Waals surface area contributed by atoms with Gasteiger partial charge in [-0.1, -0.05) is 5.16 Å². The molecule has 2 rings (SSSR count). The summed E-state index contributed by atoms with van der Waals surface area (Å²) in [6, 6.07) is 7.90. The van der Waals surface area contributed by atoms with Crippen LogP contribution in [0.5, 0.6) is 0 Å². The molecule has 2 aromatic rings. The molecule has 1 aromatic carbocycles.